The normalized spacial score (nSPS) is 35.1. The molecule has 0 spiro atoms. The van der Waals surface area contributed by atoms with Gasteiger partial charge in [-0.25, -0.2) is 0 Å². The number of phenols is 1. The van der Waals surface area contributed by atoms with E-state index in [1.54, 1.807) is 12.1 Å². The van der Waals surface area contributed by atoms with E-state index in [0.717, 1.165) is 18.4 Å². The van der Waals surface area contributed by atoms with Crippen molar-refractivity contribution < 1.29 is 24.5 Å². The van der Waals surface area contributed by atoms with Gasteiger partial charge in [0.05, 0.1) is 23.7 Å². The van der Waals surface area contributed by atoms with Crippen LogP contribution >= 0.6 is 0 Å². The third-order valence-corrected chi connectivity index (χ3v) is 6.54. The van der Waals surface area contributed by atoms with Gasteiger partial charge in [0.15, 0.2) is 11.6 Å². The zero-order valence-corrected chi connectivity index (χ0v) is 15.7. The van der Waals surface area contributed by atoms with E-state index in [9.17, 15) is 19.8 Å². The summed E-state index contributed by atoms with van der Waals surface area (Å²) >= 11 is 0. The second kappa shape index (κ2) is 6.88. The standard InChI is InChI=1S/C22H26O5/c1-3-11-8-12-10-16(27-4-2)19-20(17(12)15(24)9-11)21(25)13-6-5-7-14(23)18(13)22(19)26/h5-7,10-11,15-17,19-20,23-24H,3-4,8-9H2,1-2H3/t11-,15-,16-,17?,19-,20+/m0/s1. The molecule has 27 heavy (non-hydrogen) atoms. The van der Waals surface area contributed by atoms with Crippen molar-refractivity contribution in [1.82, 2.24) is 0 Å². The number of hydrogen-bond donors (Lipinski definition) is 2. The predicted molar refractivity (Wildman–Crippen MR) is 99.8 cm³/mol. The van der Waals surface area contributed by atoms with Crippen molar-refractivity contribution in [2.75, 3.05) is 6.61 Å². The summed E-state index contributed by atoms with van der Waals surface area (Å²) in [6.07, 6.45) is 3.28. The first kappa shape index (κ1) is 18.4. The molecule has 1 unspecified atom stereocenters. The Kier molecular flexibility index (Phi) is 4.68. The van der Waals surface area contributed by atoms with Gasteiger partial charge in [-0.15, -0.1) is 0 Å². The van der Waals surface area contributed by atoms with Gasteiger partial charge in [0.1, 0.15) is 5.75 Å². The maximum atomic E-state index is 13.4. The lowest BCUT2D eigenvalue weighted by molar-refractivity contribution is -0.0197. The van der Waals surface area contributed by atoms with Crippen LogP contribution in [-0.4, -0.2) is 40.6 Å². The van der Waals surface area contributed by atoms with Gasteiger partial charge in [-0.3, -0.25) is 9.59 Å². The van der Waals surface area contributed by atoms with E-state index in [0.29, 0.717) is 18.9 Å². The monoisotopic (exact) mass is 370 g/mol. The molecule has 1 fully saturated rings. The molecule has 0 heterocycles. The van der Waals surface area contributed by atoms with Gasteiger partial charge in [0.2, 0.25) is 0 Å². The molecule has 6 atom stereocenters. The molecule has 5 nitrogen and oxygen atoms in total. The van der Waals surface area contributed by atoms with Crippen LogP contribution in [0.3, 0.4) is 0 Å². The molecule has 0 aliphatic heterocycles. The van der Waals surface area contributed by atoms with Crippen LogP contribution in [0.25, 0.3) is 0 Å². The van der Waals surface area contributed by atoms with Crippen molar-refractivity contribution in [3.63, 3.8) is 0 Å². The Morgan fingerprint density at radius 2 is 1.89 bits per heavy atom. The topological polar surface area (TPSA) is 83.8 Å². The molecule has 1 saturated carbocycles. The Labute approximate surface area is 159 Å². The SMILES string of the molecule is CCO[C@H]1C=C2C[C@H](CC)C[C@H](O)C2[C@H]2C(=O)c3cccc(O)c3C(=O)[C@@H]12. The summed E-state index contributed by atoms with van der Waals surface area (Å²) < 4.78 is 5.87. The minimum absolute atomic E-state index is 0.0991. The molecule has 1 aromatic carbocycles. The fourth-order valence-electron chi connectivity index (χ4n) is 5.32. The van der Waals surface area contributed by atoms with Gasteiger partial charge in [0, 0.05) is 24.0 Å². The molecule has 0 aromatic heterocycles. The zero-order chi connectivity index (χ0) is 19.3. The van der Waals surface area contributed by atoms with Gasteiger partial charge in [-0.2, -0.15) is 0 Å². The van der Waals surface area contributed by atoms with Crippen molar-refractivity contribution in [3.8, 4) is 5.75 Å². The Balaban J connectivity index is 1.85. The van der Waals surface area contributed by atoms with Crippen LogP contribution in [0, 0.1) is 23.7 Å². The molecule has 144 valence electrons. The number of rotatable bonds is 3. The first-order valence-electron chi connectivity index (χ1n) is 9.88. The van der Waals surface area contributed by atoms with Crippen LogP contribution in [0.5, 0.6) is 5.75 Å². The van der Waals surface area contributed by atoms with E-state index in [1.165, 1.54) is 6.07 Å². The van der Waals surface area contributed by atoms with Crippen molar-refractivity contribution in [2.24, 2.45) is 23.7 Å². The summed E-state index contributed by atoms with van der Waals surface area (Å²) in [7, 11) is 0. The van der Waals surface area contributed by atoms with E-state index in [4.69, 9.17) is 4.74 Å². The maximum absolute atomic E-state index is 13.4. The third-order valence-electron chi connectivity index (χ3n) is 6.54. The molecule has 0 bridgehead atoms. The Morgan fingerprint density at radius 1 is 1.11 bits per heavy atom. The first-order chi connectivity index (χ1) is 13.0. The average Bonchev–Trinajstić information content (AvgIpc) is 2.65. The van der Waals surface area contributed by atoms with Crippen LogP contribution in [0.1, 0.15) is 53.8 Å². The molecule has 2 N–H and O–H groups in total. The third kappa shape index (κ3) is 2.75. The fourth-order valence-corrected chi connectivity index (χ4v) is 5.32. The number of aromatic hydroxyl groups is 1. The maximum Gasteiger partial charge on any atom is 0.174 e. The number of ether oxygens (including phenoxy) is 1. The molecule has 0 radical (unpaired) electrons. The van der Waals surface area contributed by atoms with Crippen molar-refractivity contribution in [1.29, 1.82) is 0 Å². The molecule has 3 aliphatic carbocycles. The molecular weight excluding hydrogens is 344 g/mol. The quantitative estimate of drug-likeness (QED) is 0.799. The number of aliphatic hydroxyl groups excluding tert-OH is 1. The summed E-state index contributed by atoms with van der Waals surface area (Å²) in [5, 5.41) is 21.1. The second-order valence-corrected chi connectivity index (χ2v) is 7.95. The van der Waals surface area contributed by atoms with E-state index >= 15 is 0 Å². The summed E-state index contributed by atoms with van der Waals surface area (Å²) in [5.74, 6) is -1.87. The first-order valence-corrected chi connectivity index (χ1v) is 9.88. The number of phenolic OH excluding ortho intramolecular Hbond substituents is 1. The highest BCUT2D eigenvalue weighted by atomic mass is 16.5. The van der Waals surface area contributed by atoms with Gasteiger partial charge in [-0.1, -0.05) is 37.1 Å². The molecule has 3 aliphatic rings. The number of aliphatic hydroxyl groups is 1. The number of hydrogen-bond acceptors (Lipinski definition) is 5. The number of Topliss-reactive ketones (excluding diaryl/α,β-unsaturated/α-hetero) is 2. The molecule has 5 heteroatoms. The molecule has 1 aromatic rings. The van der Waals surface area contributed by atoms with Gasteiger partial charge in [0.25, 0.3) is 0 Å². The van der Waals surface area contributed by atoms with Crippen LogP contribution in [-0.2, 0) is 4.74 Å². The fraction of sp³-hybridized carbons (Fsp3) is 0.545. The highest BCUT2D eigenvalue weighted by Crippen LogP contribution is 2.51. The largest absolute Gasteiger partial charge is 0.507 e. The second-order valence-electron chi connectivity index (χ2n) is 7.95. The average molecular weight is 370 g/mol. The van der Waals surface area contributed by atoms with Crippen molar-refractivity contribution >= 4 is 11.6 Å². The lowest BCUT2D eigenvalue weighted by Gasteiger charge is -2.48. The van der Waals surface area contributed by atoms with Crippen LogP contribution in [0.2, 0.25) is 0 Å². The predicted octanol–water partition coefficient (Wildman–Crippen LogP) is 3.15. The van der Waals surface area contributed by atoms with E-state index in [-0.39, 0.29) is 34.4 Å². The number of ketones is 2. The van der Waals surface area contributed by atoms with Crippen LogP contribution in [0.4, 0.5) is 0 Å². The van der Waals surface area contributed by atoms with Gasteiger partial charge >= 0.3 is 0 Å². The summed E-state index contributed by atoms with van der Waals surface area (Å²) in [6, 6.07) is 4.62. The highest BCUT2D eigenvalue weighted by Gasteiger charge is 2.55. The lowest BCUT2D eigenvalue weighted by atomic mass is 9.57. The summed E-state index contributed by atoms with van der Waals surface area (Å²) in [5.41, 5.74) is 1.41. The summed E-state index contributed by atoms with van der Waals surface area (Å²) in [4.78, 5) is 26.7. The van der Waals surface area contributed by atoms with E-state index < -0.39 is 24.0 Å². The van der Waals surface area contributed by atoms with Crippen LogP contribution < -0.4 is 0 Å². The smallest absolute Gasteiger partial charge is 0.174 e. The number of carbonyl (C=O) groups is 2. The Morgan fingerprint density at radius 3 is 2.59 bits per heavy atom. The Bertz CT molecular complexity index is 811. The van der Waals surface area contributed by atoms with Gasteiger partial charge in [-0.05, 0) is 31.7 Å². The number of benzene rings is 1. The molecule has 0 saturated heterocycles. The Hall–Kier alpha value is -1.98. The van der Waals surface area contributed by atoms with Crippen molar-refractivity contribution in [3.05, 3.63) is 41.0 Å². The lowest BCUT2D eigenvalue weighted by Crippen LogP contribution is -2.54. The molecule has 4 rings (SSSR count). The van der Waals surface area contributed by atoms with E-state index in [2.05, 4.69) is 6.92 Å². The van der Waals surface area contributed by atoms with E-state index in [1.807, 2.05) is 13.0 Å². The molecule has 0 amide bonds. The highest BCUT2D eigenvalue weighted by molar-refractivity contribution is 6.18. The summed E-state index contributed by atoms with van der Waals surface area (Å²) in [6.45, 7) is 4.40. The van der Waals surface area contributed by atoms with Crippen LogP contribution in [0.15, 0.2) is 29.8 Å². The van der Waals surface area contributed by atoms with Crippen molar-refractivity contribution in [2.45, 2.75) is 45.3 Å². The molecular formula is C22H26O5. The van der Waals surface area contributed by atoms with Gasteiger partial charge < -0.3 is 14.9 Å². The number of carbonyl (C=O) groups excluding carboxylic acids is 2. The minimum Gasteiger partial charge on any atom is -0.507 e. The zero-order valence-electron chi connectivity index (χ0n) is 15.7. The number of fused-ring (bicyclic) bond motifs is 4. The minimum atomic E-state index is -0.695.